The molecule has 0 heterocycles. The summed E-state index contributed by atoms with van der Waals surface area (Å²) in [6, 6.07) is 0. The quantitative estimate of drug-likeness (QED) is 0.560. The van der Waals surface area contributed by atoms with Crippen LogP contribution in [-0.4, -0.2) is 32.6 Å². The zero-order chi connectivity index (χ0) is 14.0. The van der Waals surface area contributed by atoms with Crippen molar-refractivity contribution < 1.29 is 24.3 Å². The first-order valence-electron chi connectivity index (χ1n) is 6.20. The van der Waals surface area contributed by atoms with Crippen LogP contribution in [0.15, 0.2) is 0 Å². The normalized spacial score (nSPS) is 28.7. The lowest BCUT2D eigenvalue weighted by molar-refractivity contribution is -0.145. The molecule has 6 nitrogen and oxygen atoms in total. The Labute approximate surface area is 107 Å². The summed E-state index contributed by atoms with van der Waals surface area (Å²) in [7, 11) is -3.96. The number of carboxylic acids is 1. The monoisotopic (exact) mass is 279 g/mol. The molecule has 0 saturated heterocycles. The summed E-state index contributed by atoms with van der Waals surface area (Å²) in [5.41, 5.74) is 4.58. The van der Waals surface area contributed by atoms with Gasteiger partial charge in [-0.1, -0.05) is 12.8 Å². The molecule has 1 fully saturated rings. The molecule has 0 radical (unpaired) electrons. The number of carboxylic acid groups (broad SMARTS) is 1. The van der Waals surface area contributed by atoms with Gasteiger partial charge in [0.2, 0.25) is 0 Å². The van der Waals surface area contributed by atoms with Crippen LogP contribution in [-0.2, 0) is 9.36 Å². The standard InChI is InChI=1S/C11H22NO5P/c1-11(12,10(13)14)9-4-2-3-8(7-9)5-6-18(15,16)17/h8-9H,2-7,12H2,1H3,(H,13,14)(H2,15,16,17). The lowest BCUT2D eigenvalue weighted by Crippen LogP contribution is -2.52. The molecule has 106 valence electrons. The van der Waals surface area contributed by atoms with E-state index in [1.54, 1.807) is 0 Å². The molecule has 1 aliphatic rings. The summed E-state index contributed by atoms with van der Waals surface area (Å²) in [6.07, 6.45) is 3.49. The second-order valence-electron chi connectivity index (χ2n) is 5.49. The minimum absolute atomic E-state index is 0.120. The van der Waals surface area contributed by atoms with Gasteiger partial charge >= 0.3 is 13.6 Å². The largest absolute Gasteiger partial charge is 0.480 e. The Balaban J connectivity index is 2.56. The number of nitrogens with two attached hydrogens (primary N) is 1. The highest BCUT2D eigenvalue weighted by atomic mass is 31.2. The highest BCUT2D eigenvalue weighted by Gasteiger charge is 2.40. The van der Waals surface area contributed by atoms with Crippen molar-refractivity contribution in [3.8, 4) is 0 Å². The third kappa shape index (κ3) is 4.35. The van der Waals surface area contributed by atoms with Crippen molar-refractivity contribution in [2.75, 3.05) is 6.16 Å². The topological polar surface area (TPSA) is 121 Å². The van der Waals surface area contributed by atoms with Gasteiger partial charge in [-0.25, -0.2) is 0 Å². The van der Waals surface area contributed by atoms with Gasteiger partial charge in [0, 0.05) is 0 Å². The van der Waals surface area contributed by atoms with Gasteiger partial charge in [-0.3, -0.25) is 9.36 Å². The van der Waals surface area contributed by atoms with Gasteiger partial charge < -0.3 is 20.6 Å². The number of aliphatic carboxylic acids is 1. The molecule has 18 heavy (non-hydrogen) atoms. The van der Waals surface area contributed by atoms with Gasteiger partial charge in [-0.15, -0.1) is 0 Å². The van der Waals surface area contributed by atoms with Gasteiger partial charge in [-0.2, -0.15) is 0 Å². The zero-order valence-corrected chi connectivity index (χ0v) is 11.5. The maximum absolute atomic E-state index is 11.1. The van der Waals surface area contributed by atoms with Crippen molar-refractivity contribution in [2.24, 2.45) is 17.6 Å². The van der Waals surface area contributed by atoms with Gasteiger partial charge in [0.15, 0.2) is 0 Å². The van der Waals surface area contributed by atoms with E-state index in [-0.39, 0.29) is 18.0 Å². The molecule has 1 aliphatic carbocycles. The van der Waals surface area contributed by atoms with Crippen LogP contribution in [0, 0.1) is 11.8 Å². The van der Waals surface area contributed by atoms with Crippen molar-refractivity contribution in [3.05, 3.63) is 0 Å². The van der Waals surface area contributed by atoms with Crippen LogP contribution in [0.1, 0.15) is 39.0 Å². The van der Waals surface area contributed by atoms with E-state index in [2.05, 4.69) is 0 Å². The first kappa shape index (κ1) is 15.6. The third-order valence-electron chi connectivity index (χ3n) is 3.92. The molecule has 3 atom stereocenters. The molecule has 7 heteroatoms. The van der Waals surface area contributed by atoms with Crippen LogP contribution in [0.25, 0.3) is 0 Å². The van der Waals surface area contributed by atoms with E-state index >= 15 is 0 Å². The number of hydrogen-bond acceptors (Lipinski definition) is 3. The van der Waals surface area contributed by atoms with E-state index in [1.165, 1.54) is 6.92 Å². The number of rotatable bonds is 5. The average molecular weight is 279 g/mol. The van der Waals surface area contributed by atoms with Crippen LogP contribution >= 0.6 is 7.60 Å². The number of hydrogen-bond donors (Lipinski definition) is 4. The van der Waals surface area contributed by atoms with Gasteiger partial charge in [0.05, 0.1) is 6.16 Å². The van der Waals surface area contributed by atoms with E-state index in [4.69, 9.17) is 20.6 Å². The smallest absolute Gasteiger partial charge is 0.325 e. The Hall–Kier alpha value is -0.420. The molecule has 0 spiro atoms. The molecule has 3 unspecified atom stereocenters. The molecule has 0 aromatic rings. The van der Waals surface area contributed by atoms with E-state index < -0.39 is 19.1 Å². The first-order valence-corrected chi connectivity index (χ1v) is 7.99. The van der Waals surface area contributed by atoms with Crippen LogP contribution in [0.3, 0.4) is 0 Å². The predicted molar refractivity (Wildman–Crippen MR) is 67.2 cm³/mol. The van der Waals surface area contributed by atoms with Gasteiger partial charge in [-0.05, 0) is 38.0 Å². The van der Waals surface area contributed by atoms with Crippen molar-refractivity contribution in [2.45, 2.75) is 44.6 Å². The first-order chi connectivity index (χ1) is 8.13. The van der Waals surface area contributed by atoms with Gasteiger partial charge in [0.1, 0.15) is 5.54 Å². The summed E-state index contributed by atoms with van der Waals surface area (Å²) >= 11 is 0. The third-order valence-corrected chi connectivity index (χ3v) is 4.76. The molecule has 0 aliphatic heterocycles. The molecule has 1 rings (SSSR count). The van der Waals surface area contributed by atoms with E-state index in [9.17, 15) is 9.36 Å². The molecule has 0 bridgehead atoms. The summed E-state index contributed by atoms with van der Waals surface area (Å²) in [4.78, 5) is 28.8. The van der Waals surface area contributed by atoms with E-state index in [1.807, 2.05) is 0 Å². The highest BCUT2D eigenvalue weighted by Crippen LogP contribution is 2.41. The SMILES string of the molecule is CC(N)(C(=O)O)C1CCCC(CCP(=O)(O)O)C1. The minimum Gasteiger partial charge on any atom is -0.480 e. The Kier molecular flexibility index (Phi) is 4.95. The van der Waals surface area contributed by atoms with Crippen molar-refractivity contribution >= 4 is 13.6 Å². The fourth-order valence-electron chi connectivity index (χ4n) is 2.62. The second-order valence-corrected chi connectivity index (χ2v) is 7.27. The Bertz CT molecular complexity index is 351. The molecular formula is C11H22NO5P. The Morgan fingerprint density at radius 2 is 2.06 bits per heavy atom. The Morgan fingerprint density at radius 3 is 2.56 bits per heavy atom. The summed E-state index contributed by atoms with van der Waals surface area (Å²) in [5.74, 6) is -0.966. The fourth-order valence-corrected chi connectivity index (χ4v) is 3.32. The van der Waals surface area contributed by atoms with Crippen LogP contribution in [0.2, 0.25) is 0 Å². The molecule has 5 N–H and O–H groups in total. The van der Waals surface area contributed by atoms with Crippen molar-refractivity contribution in [1.82, 2.24) is 0 Å². The molecule has 1 saturated carbocycles. The highest BCUT2D eigenvalue weighted by molar-refractivity contribution is 7.51. The summed E-state index contributed by atoms with van der Waals surface area (Å²) < 4.78 is 10.8. The summed E-state index contributed by atoms with van der Waals surface area (Å²) in [6.45, 7) is 1.52. The van der Waals surface area contributed by atoms with E-state index in [0.717, 1.165) is 19.3 Å². The molecule has 0 aromatic carbocycles. The maximum atomic E-state index is 11.1. The zero-order valence-electron chi connectivity index (χ0n) is 10.6. The minimum atomic E-state index is -3.96. The predicted octanol–water partition coefficient (Wildman–Crippen LogP) is 1.16. The van der Waals surface area contributed by atoms with Crippen LogP contribution in [0.4, 0.5) is 0 Å². The molecule has 0 aromatic heterocycles. The fraction of sp³-hybridized carbons (Fsp3) is 0.909. The average Bonchev–Trinajstić information content (AvgIpc) is 2.25. The van der Waals surface area contributed by atoms with E-state index in [0.29, 0.717) is 12.8 Å². The van der Waals surface area contributed by atoms with Gasteiger partial charge in [0.25, 0.3) is 0 Å². The lowest BCUT2D eigenvalue weighted by Gasteiger charge is -2.37. The molecule has 0 amide bonds. The maximum Gasteiger partial charge on any atom is 0.325 e. The number of carbonyl (C=O) groups is 1. The van der Waals surface area contributed by atoms with Crippen molar-refractivity contribution in [1.29, 1.82) is 0 Å². The van der Waals surface area contributed by atoms with Crippen molar-refractivity contribution in [3.63, 3.8) is 0 Å². The lowest BCUT2D eigenvalue weighted by atomic mass is 9.71. The molecular weight excluding hydrogens is 257 g/mol. The van der Waals surface area contributed by atoms with Crippen LogP contribution < -0.4 is 5.73 Å². The second kappa shape index (κ2) is 5.70. The Morgan fingerprint density at radius 1 is 1.44 bits per heavy atom. The van der Waals surface area contributed by atoms with Crippen LogP contribution in [0.5, 0.6) is 0 Å². The summed E-state index contributed by atoms with van der Waals surface area (Å²) in [5, 5.41) is 9.09.